The second-order valence-electron chi connectivity index (χ2n) is 3.50. The van der Waals surface area contributed by atoms with E-state index in [1.54, 1.807) is 0 Å². The Morgan fingerprint density at radius 3 is 2.07 bits per heavy atom. The Hall–Kier alpha value is 0.165. The molecule has 0 aromatic heterocycles. The topological polar surface area (TPSA) is 74.6 Å². The summed E-state index contributed by atoms with van der Waals surface area (Å²) in [5.74, 6) is -3.88. The van der Waals surface area contributed by atoms with Crippen molar-refractivity contribution in [3.8, 4) is 0 Å². The van der Waals surface area contributed by atoms with Crippen LogP contribution in [-0.2, 0) is 9.59 Å². The standard InChI is InChI=1S/C8H13BIO4P/c1-4(15(9)10)3-6(8(13)14)5(2)7(11)12/h4-6H,3H2,1-2H3,(H,11,12)(H,13,14). The average molecular weight is 342 g/mol. The second-order valence-corrected chi connectivity index (χ2v) is 8.41. The van der Waals surface area contributed by atoms with Crippen LogP contribution in [0.3, 0.4) is 0 Å². The second kappa shape index (κ2) is 6.68. The van der Waals surface area contributed by atoms with Crippen LogP contribution in [0.4, 0.5) is 0 Å². The molecule has 2 radical (unpaired) electrons. The fraction of sp³-hybridized carbons (Fsp3) is 0.750. The molecule has 0 saturated heterocycles. The minimum Gasteiger partial charge on any atom is -0.481 e. The van der Waals surface area contributed by atoms with Gasteiger partial charge in [-0.25, -0.2) is 0 Å². The molecule has 0 aliphatic heterocycles. The Bertz CT molecular complexity index is 249. The van der Waals surface area contributed by atoms with E-state index in [0.29, 0.717) is 6.42 Å². The van der Waals surface area contributed by atoms with Gasteiger partial charge in [0.25, 0.3) is 0 Å². The van der Waals surface area contributed by atoms with Crippen molar-refractivity contribution in [2.45, 2.75) is 25.9 Å². The molecule has 0 fully saturated rings. The molecule has 4 atom stereocenters. The molecule has 0 heterocycles. The first-order chi connectivity index (χ1) is 6.77. The number of carbonyl (C=O) groups is 2. The third kappa shape index (κ3) is 5.16. The first-order valence-electron chi connectivity index (χ1n) is 4.42. The highest BCUT2D eigenvalue weighted by Crippen LogP contribution is 2.47. The molecule has 15 heavy (non-hydrogen) atoms. The van der Waals surface area contributed by atoms with Crippen molar-refractivity contribution in [1.29, 1.82) is 0 Å². The van der Waals surface area contributed by atoms with Gasteiger partial charge in [-0.3, -0.25) is 9.59 Å². The fourth-order valence-corrected chi connectivity index (χ4v) is 2.27. The van der Waals surface area contributed by atoms with Crippen molar-refractivity contribution >= 4 is 47.0 Å². The van der Waals surface area contributed by atoms with Crippen LogP contribution in [0.5, 0.6) is 0 Å². The number of hydrogen-bond donors (Lipinski definition) is 2. The summed E-state index contributed by atoms with van der Waals surface area (Å²) in [6.45, 7) is 3.27. The maximum atomic E-state index is 10.9. The summed E-state index contributed by atoms with van der Waals surface area (Å²) < 4.78 is 0. The number of halogens is 1. The number of carboxylic acid groups (broad SMARTS) is 2. The van der Waals surface area contributed by atoms with Gasteiger partial charge in [0.15, 0.2) is 0 Å². The smallest absolute Gasteiger partial charge is 0.307 e. The van der Waals surface area contributed by atoms with Crippen molar-refractivity contribution in [3.63, 3.8) is 0 Å². The first kappa shape index (κ1) is 15.2. The van der Waals surface area contributed by atoms with Crippen LogP contribution in [-0.4, -0.2) is 35.4 Å². The Morgan fingerprint density at radius 2 is 1.80 bits per heavy atom. The number of hydrogen-bond acceptors (Lipinski definition) is 2. The predicted octanol–water partition coefficient (Wildman–Crippen LogP) is 2.10. The van der Waals surface area contributed by atoms with E-state index in [1.165, 1.54) is 6.92 Å². The van der Waals surface area contributed by atoms with Gasteiger partial charge in [0.05, 0.1) is 11.8 Å². The maximum Gasteiger partial charge on any atom is 0.307 e. The lowest BCUT2D eigenvalue weighted by atomic mass is 9.90. The molecule has 4 unspecified atom stereocenters. The quantitative estimate of drug-likeness (QED) is 0.441. The molecular formula is C8H13BIO4P. The fourth-order valence-electron chi connectivity index (χ4n) is 1.16. The Labute approximate surface area is 104 Å². The van der Waals surface area contributed by atoms with E-state index in [9.17, 15) is 9.59 Å². The van der Waals surface area contributed by atoms with Crippen molar-refractivity contribution in [3.05, 3.63) is 0 Å². The van der Waals surface area contributed by atoms with E-state index in [1.807, 2.05) is 6.92 Å². The Balaban J connectivity index is 4.55. The minimum absolute atomic E-state index is 0.0449. The summed E-state index contributed by atoms with van der Waals surface area (Å²) in [5.41, 5.74) is -0.704. The molecule has 0 saturated carbocycles. The summed E-state index contributed by atoms with van der Waals surface area (Å²) >= 11 is 2.07. The van der Waals surface area contributed by atoms with Crippen LogP contribution < -0.4 is 0 Å². The number of rotatable bonds is 6. The van der Waals surface area contributed by atoms with Crippen LogP contribution in [0.15, 0.2) is 0 Å². The van der Waals surface area contributed by atoms with Gasteiger partial charge in [-0.15, -0.1) is 0 Å². The summed E-state index contributed by atoms with van der Waals surface area (Å²) in [5, 5.41) is 17.7. The van der Waals surface area contributed by atoms with Gasteiger partial charge < -0.3 is 10.2 Å². The van der Waals surface area contributed by atoms with E-state index < -0.39 is 29.2 Å². The molecule has 0 aliphatic rings. The first-order valence-corrected chi connectivity index (χ1v) is 8.69. The molecule has 7 heteroatoms. The van der Waals surface area contributed by atoms with Gasteiger partial charge in [-0.2, -0.15) is 0 Å². The molecule has 0 bridgehead atoms. The number of carboxylic acids is 2. The molecule has 2 N–H and O–H groups in total. The van der Waals surface area contributed by atoms with Gasteiger partial charge in [0.1, 0.15) is 7.57 Å². The van der Waals surface area contributed by atoms with Crippen molar-refractivity contribution < 1.29 is 19.8 Å². The monoisotopic (exact) mass is 342 g/mol. The zero-order valence-electron chi connectivity index (χ0n) is 8.55. The Kier molecular flexibility index (Phi) is 6.76. The van der Waals surface area contributed by atoms with E-state index in [2.05, 4.69) is 22.0 Å². The van der Waals surface area contributed by atoms with Crippen molar-refractivity contribution in [1.82, 2.24) is 0 Å². The highest BCUT2D eigenvalue weighted by atomic mass is 127. The lowest BCUT2D eigenvalue weighted by molar-refractivity contribution is -0.153. The molecule has 0 aromatic rings. The van der Waals surface area contributed by atoms with Gasteiger partial charge in [0, 0.05) is 0 Å². The molecule has 4 nitrogen and oxygen atoms in total. The van der Waals surface area contributed by atoms with Crippen LogP contribution >= 0.6 is 27.5 Å². The highest BCUT2D eigenvalue weighted by molar-refractivity contribution is 14.2. The highest BCUT2D eigenvalue weighted by Gasteiger charge is 2.31. The summed E-state index contributed by atoms with van der Waals surface area (Å²) in [4.78, 5) is 21.6. The Morgan fingerprint density at radius 1 is 1.33 bits per heavy atom. The SMILES string of the molecule is [B]P(I)C(C)CC(C(=O)O)C(C)C(=O)O. The van der Waals surface area contributed by atoms with Crippen LogP contribution in [0.25, 0.3) is 0 Å². The lowest BCUT2D eigenvalue weighted by Crippen LogP contribution is -2.29. The third-order valence-corrected chi connectivity index (χ3v) is 6.23. The normalized spacial score (nSPS) is 18.9. The summed E-state index contributed by atoms with van der Waals surface area (Å²) in [6, 6.07) is 0. The van der Waals surface area contributed by atoms with E-state index in [-0.39, 0.29) is 5.66 Å². The summed E-state index contributed by atoms with van der Waals surface area (Å²) in [6.07, 6.45) is 0.313. The van der Waals surface area contributed by atoms with Gasteiger partial charge in [-0.05, 0) is 12.1 Å². The van der Waals surface area contributed by atoms with Gasteiger partial charge in [-0.1, -0.05) is 41.3 Å². The predicted molar refractivity (Wildman–Crippen MR) is 68.7 cm³/mol. The molecule has 0 aliphatic carbocycles. The van der Waals surface area contributed by atoms with Crippen LogP contribution in [0, 0.1) is 11.8 Å². The van der Waals surface area contributed by atoms with Gasteiger partial charge in [0.2, 0.25) is 0 Å². The lowest BCUT2D eigenvalue weighted by Gasteiger charge is -2.22. The van der Waals surface area contributed by atoms with Crippen LogP contribution in [0.2, 0.25) is 0 Å². The zero-order valence-corrected chi connectivity index (χ0v) is 11.6. The van der Waals surface area contributed by atoms with Crippen molar-refractivity contribution in [2.75, 3.05) is 0 Å². The molecule has 0 aromatic carbocycles. The molecule has 0 amide bonds. The van der Waals surface area contributed by atoms with Gasteiger partial charge >= 0.3 is 11.9 Å². The van der Waals surface area contributed by atoms with E-state index in [4.69, 9.17) is 17.8 Å². The molecule has 84 valence electrons. The average Bonchev–Trinajstić information content (AvgIpc) is 2.11. The van der Waals surface area contributed by atoms with E-state index in [0.717, 1.165) is 0 Å². The van der Waals surface area contributed by atoms with Crippen molar-refractivity contribution in [2.24, 2.45) is 11.8 Å². The minimum atomic E-state index is -1.08. The largest absolute Gasteiger partial charge is 0.481 e. The molecular weight excluding hydrogens is 329 g/mol. The third-order valence-electron chi connectivity index (χ3n) is 2.33. The maximum absolute atomic E-state index is 10.9. The van der Waals surface area contributed by atoms with E-state index >= 15 is 0 Å². The zero-order chi connectivity index (χ0) is 12.2. The number of aliphatic carboxylic acids is 2. The summed E-state index contributed by atoms with van der Waals surface area (Å²) in [7, 11) is 5.67. The van der Waals surface area contributed by atoms with Crippen LogP contribution in [0.1, 0.15) is 20.3 Å². The molecule has 0 spiro atoms. The molecule has 0 rings (SSSR count).